The Morgan fingerprint density at radius 2 is 2.20 bits per heavy atom. The minimum absolute atomic E-state index is 0.00529. The van der Waals surface area contributed by atoms with Crippen LogP contribution in [0, 0.1) is 0 Å². The SMILES string of the molecule is COCC(=O)N1[C@H](CO)[C@H]2c3ccccc3N(C)C[C@H]21. The number of fused-ring (bicyclic) bond motifs is 3. The molecule has 3 atom stereocenters. The zero-order valence-electron chi connectivity index (χ0n) is 11.8. The number of rotatable bonds is 3. The maximum atomic E-state index is 12.1. The van der Waals surface area contributed by atoms with Crippen LogP contribution in [0.4, 0.5) is 5.69 Å². The van der Waals surface area contributed by atoms with E-state index in [9.17, 15) is 9.90 Å². The molecule has 20 heavy (non-hydrogen) atoms. The minimum atomic E-state index is -0.127. The smallest absolute Gasteiger partial charge is 0.249 e. The molecule has 108 valence electrons. The maximum absolute atomic E-state index is 12.1. The van der Waals surface area contributed by atoms with Gasteiger partial charge in [0.1, 0.15) is 6.61 Å². The number of hydrogen-bond acceptors (Lipinski definition) is 4. The normalized spacial score (nSPS) is 27.6. The van der Waals surface area contributed by atoms with Gasteiger partial charge in [-0.1, -0.05) is 18.2 Å². The molecular weight excluding hydrogens is 256 g/mol. The summed E-state index contributed by atoms with van der Waals surface area (Å²) >= 11 is 0. The zero-order valence-corrected chi connectivity index (χ0v) is 11.8. The van der Waals surface area contributed by atoms with Gasteiger partial charge in [-0.05, 0) is 11.6 Å². The van der Waals surface area contributed by atoms with E-state index in [1.807, 2.05) is 19.2 Å². The van der Waals surface area contributed by atoms with Gasteiger partial charge in [0, 0.05) is 32.3 Å². The standard InChI is InChI=1S/C15H20N2O3/c1-16-7-12-15(10-5-3-4-6-11(10)16)13(8-18)17(12)14(19)9-20-2/h3-6,12-13,15,18H,7-9H2,1-2H3/t12-,13-,15+/m1/s1. The number of amides is 1. The number of nitrogens with zero attached hydrogens (tertiary/aromatic N) is 2. The lowest BCUT2D eigenvalue weighted by atomic mass is 9.72. The highest BCUT2D eigenvalue weighted by Gasteiger charge is 2.53. The Balaban J connectivity index is 1.92. The Morgan fingerprint density at radius 3 is 2.90 bits per heavy atom. The summed E-state index contributed by atoms with van der Waals surface area (Å²) in [5.41, 5.74) is 2.43. The molecule has 1 amide bonds. The molecule has 0 aliphatic carbocycles. The van der Waals surface area contributed by atoms with Gasteiger partial charge in [0.05, 0.1) is 18.7 Å². The Hall–Kier alpha value is -1.59. The lowest BCUT2D eigenvalue weighted by molar-refractivity contribution is -0.154. The van der Waals surface area contributed by atoms with Gasteiger partial charge in [0.15, 0.2) is 0 Å². The number of likely N-dealkylation sites (tertiary alicyclic amines) is 1. The fourth-order valence-corrected chi connectivity index (χ4v) is 3.63. The lowest BCUT2D eigenvalue weighted by Crippen LogP contribution is -2.70. The van der Waals surface area contributed by atoms with Crippen LogP contribution in [0.1, 0.15) is 11.5 Å². The van der Waals surface area contributed by atoms with Gasteiger partial charge < -0.3 is 19.6 Å². The highest BCUT2D eigenvalue weighted by atomic mass is 16.5. The number of carbonyl (C=O) groups excluding carboxylic acids is 1. The van der Waals surface area contributed by atoms with Crippen LogP contribution in [0.3, 0.4) is 0 Å². The van der Waals surface area contributed by atoms with E-state index >= 15 is 0 Å². The molecule has 5 heteroatoms. The van der Waals surface area contributed by atoms with Crippen molar-refractivity contribution in [1.82, 2.24) is 4.90 Å². The predicted molar refractivity (Wildman–Crippen MR) is 75.8 cm³/mol. The molecule has 0 unspecified atom stereocenters. The first-order chi connectivity index (χ1) is 9.69. The molecule has 1 aromatic rings. The molecule has 0 spiro atoms. The highest BCUT2D eigenvalue weighted by Crippen LogP contribution is 2.47. The van der Waals surface area contributed by atoms with Gasteiger partial charge in [-0.15, -0.1) is 0 Å². The number of hydrogen-bond donors (Lipinski definition) is 1. The summed E-state index contributed by atoms with van der Waals surface area (Å²) < 4.78 is 4.94. The van der Waals surface area contributed by atoms with E-state index < -0.39 is 0 Å². The first-order valence-electron chi connectivity index (χ1n) is 6.90. The molecule has 0 bridgehead atoms. The summed E-state index contributed by atoms with van der Waals surface area (Å²) in [6, 6.07) is 8.25. The molecule has 0 radical (unpaired) electrons. The Morgan fingerprint density at radius 1 is 1.45 bits per heavy atom. The fourth-order valence-electron chi connectivity index (χ4n) is 3.63. The molecule has 1 N–H and O–H groups in total. The first kappa shape index (κ1) is 13.4. The van der Waals surface area contributed by atoms with E-state index in [-0.39, 0.29) is 37.1 Å². The van der Waals surface area contributed by atoms with Crippen LogP contribution in [0.15, 0.2) is 24.3 Å². The van der Waals surface area contributed by atoms with E-state index in [1.54, 1.807) is 4.90 Å². The topological polar surface area (TPSA) is 53.0 Å². The van der Waals surface area contributed by atoms with E-state index in [0.29, 0.717) is 0 Å². The summed E-state index contributed by atoms with van der Waals surface area (Å²) in [5.74, 6) is 0.189. The lowest BCUT2D eigenvalue weighted by Gasteiger charge is -2.58. The van der Waals surface area contributed by atoms with Gasteiger partial charge in [0.2, 0.25) is 5.91 Å². The van der Waals surface area contributed by atoms with Gasteiger partial charge in [-0.3, -0.25) is 4.79 Å². The van der Waals surface area contributed by atoms with E-state index in [1.165, 1.54) is 18.4 Å². The van der Waals surface area contributed by atoms with Crippen LogP contribution < -0.4 is 4.90 Å². The van der Waals surface area contributed by atoms with E-state index in [2.05, 4.69) is 17.0 Å². The highest BCUT2D eigenvalue weighted by molar-refractivity contribution is 5.80. The van der Waals surface area contributed by atoms with E-state index in [4.69, 9.17) is 4.74 Å². The summed E-state index contributed by atoms with van der Waals surface area (Å²) in [6.07, 6.45) is 0. The van der Waals surface area contributed by atoms with Crippen LogP contribution in [-0.2, 0) is 9.53 Å². The van der Waals surface area contributed by atoms with Crippen molar-refractivity contribution in [2.45, 2.75) is 18.0 Å². The molecule has 2 heterocycles. The van der Waals surface area contributed by atoms with Gasteiger partial charge in [-0.25, -0.2) is 0 Å². The molecule has 2 aliphatic rings. The third kappa shape index (κ3) is 1.81. The largest absolute Gasteiger partial charge is 0.394 e. The molecule has 1 fully saturated rings. The number of aliphatic hydroxyl groups excluding tert-OH is 1. The van der Waals surface area contributed by atoms with Crippen LogP contribution in [0.25, 0.3) is 0 Å². The fraction of sp³-hybridized carbons (Fsp3) is 0.533. The zero-order chi connectivity index (χ0) is 14.3. The molecule has 2 aliphatic heterocycles. The second-order valence-corrected chi connectivity index (χ2v) is 5.52. The van der Waals surface area contributed by atoms with Crippen molar-refractivity contribution in [2.75, 3.05) is 38.8 Å². The number of benzene rings is 1. The first-order valence-corrected chi connectivity index (χ1v) is 6.90. The average molecular weight is 276 g/mol. The van der Waals surface area contributed by atoms with E-state index in [0.717, 1.165) is 6.54 Å². The second-order valence-electron chi connectivity index (χ2n) is 5.52. The Labute approximate surface area is 118 Å². The molecule has 0 aromatic heterocycles. The maximum Gasteiger partial charge on any atom is 0.249 e. The number of anilines is 1. The van der Waals surface area contributed by atoms with Crippen molar-refractivity contribution >= 4 is 11.6 Å². The summed E-state index contributed by atoms with van der Waals surface area (Å²) in [6.45, 7) is 0.868. The van der Waals surface area contributed by atoms with Gasteiger partial charge in [-0.2, -0.15) is 0 Å². The minimum Gasteiger partial charge on any atom is -0.394 e. The molecule has 1 aromatic carbocycles. The Bertz CT molecular complexity index is 520. The molecular formula is C15H20N2O3. The van der Waals surface area contributed by atoms with Crippen LogP contribution >= 0.6 is 0 Å². The third-order valence-electron chi connectivity index (χ3n) is 4.45. The predicted octanol–water partition coefficient (Wildman–Crippen LogP) is 0.438. The molecule has 0 saturated carbocycles. The number of para-hydroxylation sites is 1. The Kier molecular flexibility index (Phi) is 3.40. The van der Waals surface area contributed by atoms with Crippen molar-refractivity contribution in [3.63, 3.8) is 0 Å². The van der Waals surface area contributed by atoms with Gasteiger partial charge in [0.25, 0.3) is 0 Å². The quantitative estimate of drug-likeness (QED) is 0.870. The van der Waals surface area contributed by atoms with Crippen molar-refractivity contribution in [3.05, 3.63) is 29.8 Å². The number of ether oxygens (including phenoxy) is 1. The third-order valence-corrected chi connectivity index (χ3v) is 4.45. The number of carbonyl (C=O) groups is 1. The van der Waals surface area contributed by atoms with Crippen molar-refractivity contribution < 1.29 is 14.6 Å². The van der Waals surface area contributed by atoms with Crippen LogP contribution in [0.2, 0.25) is 0 Å². The van der Waals surface area contributed by atoms with Gasteiger partial charge >= 0.3 is 0 Å². The number of methoxy groups -OCH3 is 1. The number of aliphatic hydroxyl groups is 1. The monoisotopic (exact) mass is 276 g/mol. The molecule has 3 rings (SSSR count). The van der Waals surface area contributed by atoms with Crippen molar-refractivity contribution in [2.24, 2.45) is 0 Å². The molecule has 5 nitrogen and oxygen atoms in total. The summed E-state index contributed by atoms with van der Waals surface area (Å²) in [5, 5.41) is 9.66. The van der Waals surface area contributed by atoms with Crippen molar-refractivity contribution in [3.8, 4) is 0 Å². The van der Waals surface area contributed by atoms with Crippen molar-refractivity contribution in [1.29, 1.82) is 0 Å². The summed E-state index contributed by atoms with van der Waals surface area (Å²) in [7, 11) is 3.56. The van der Waals surface area contributed by atoms with Crippen LogP contribution in [0.5, 0.6) is 0 Å². The van der Waals surface area contributed by atoms with Crippen LogP contribution in [-0.4, -0.2) is 61.9 Å². The number of likely N-dealkylation sites (N-methyl/N-ethyl adjacent to an activating group) is 1. The average Bonchev–Trinajstić information content (AvgIpc) is 2.42. The second kappa shape index (κ2) is 5.07. The summed E-state index contributed by atoms with van der Waals surface area (Å²) in [4.78, 5) is 16.1. The molecule has 1 saturated heterocycles.